The van der Waals surface area contributed by atoms with Crippen LogP contribution in [0.25, 0.3) is 117 Å². The Labute approximate surface area is 361 Å². The lowest BCUT2D eigenvalue weighted by atomic mass is 9.95. The van der Waals surface area contributed by atoms with Crippen LogP contribution in [0.4, 0.5) is 0 Å². The molecular weight excluding hydrogens is 771 g/mol. The fraction of sp³-hybridized carbons (Fsp3) is 0. The zero-order valence-corrected chi connectivity index (χ0v) is 33.8. The molecule has 294 valence electrons. The van der Waals surface area contributed by atoms with E-state index in [1.165, 1.54) is 21.9 Å². The van der Waals surface area contributed by atoms with Crippen LogP contribution in [0.1, 0.15) is 0 Å². The van der Waals surface area contributed by atoms with Gasteiger partial charge in [0.15, 0.2) is 11.6 Å². The molecule has 8 aromatic carbocycles. The number of aromatic nitrogens is 7. The van der Waals surface area contributed by atoms with Crippen molar-refractivity contribution in [2.45, 2.75) is 0 Å². The Kier molecular flexibility index (Phi) is 7.77. The monoisotopic (exact) mass is 805 g/mol. The molecule has 0 bridgehead atoms. The molecule has 0 aliphatic rings. The van der Waals surface area contributed by atoms with E-state index in [0.29, 0.717) is 17.6 Å². The minimum Gasteiger partial charge on any atom is -0.309 e. The van der Waals surface area contributed by atoms with E-state index >= 15 is 0 Å². The van der Waals surface area contributed by atoms with Crippen molar-refractivity contribution in [2.24, 2.45) is 0 Å². The first-order valence-corrected chi connectivity index (χ1v) is 21.2. The van der Waals surface area contributed by atoms with Crippen LogP contribution in [0.15, 0.2) is 212 Å². The number of pyridine rings is 1. The summed E-state index contributed by atoms with van der Waals surface area (Å²) in [5.74, 6) is 1.69. The van der Waals surface area contributed by atoms with Crippen molar-refractivity contribution >= 4 is 65.5 Å². The standard InChI is InChI=1S/C56H35N7/c1-3-18-36(19-4-1)53-58-54(44-25-10-14-32-48(44)62-45-29-11-7-22-38(45)41-28-17-35-57-55(41)62)60-56(59-53)63-47-31-13-9-24-43(47)52-40(27-16-34-50(52)63)39-26-15-33-49-51(39)42-23-8-12-30-46(42)61(49)37-20-5-2-6-21-37/h1-35H. The zero-order chi connectivity index (χ0) is 41.4. The van der Waals surface area contributed by atoms with Crippen molar-refractivity contribution in [2.75, 3.05) is 0 Å². The van der Waals surface area contributed by atoms with Crippen LogP contribution in [-0.2, 0) is 0 Å². The summed E-state index contributed by atoms with van der Waals surface area (Å²) >= 11 is 0. The van der Waals surface area contributed by atoms with E-state index < -0.39 is 0 Å². The molecule has 7 nitrogen and oxygen atoms in total. The third-order valence-corrected chi connectivity index (χ3v) is 12.4. The molecule has 63 heavy (non-hydrogen) atoms. The lowest BCUT2D eigenvalue weighted by Crippen LogP contribution is -2.08. The number of fused-ring (bicyclic) bond motifs is 9. The van der Waals surface area contributed by atoms with Gasteiger partial charge in [-0.25, -0.2) is 9.97 Å². The molecule has 0 aliphatic heterocycles. The van der Waals surface area contributed by atoms with Gasteiger partial charge in [0.05, 0.1) is 33.3 Å². The smallest absolute Gasteiger partial charge is 0.238 e. The Hall–Kier alpha value is -8.68. The minimum absolute atomic E-state index is 0.538. The van der Waals surface area contributed by atoms with Crippen molar-refractivity contribution in [1.82, 2.24) is 33.6 Å². The van der Waals surface area contributed by atoms with Crippen LogP contribution in [0, 0.1) is 0 Å². The molecule has 0 spiro atoms. The van der Waals surface area contributed by atoms with Crippen LogP contribution < -0.4 is 0 Å². The molecule has 0 amide bonds. The Bertz CT molecular complexity index is 3860. The van der Waals surface area contributed by atoms with Crippen molar-refractivity contribution < 1.29 is 0 Å². The predicted octanol–water partition coefficient (Wildman–Crippen LogP) is 13.6. The molecule has 5 heterocycles. The van der Waals surface area contributed by atoms with Gasteiger partial charge in [-0.05, 0) is 77.9 Å². The maximum absolute atomic E-state index is 5.44. The molecule has 0 fully saturated rings. The number of hydrogen-bond acceptors (Lipinski definition) is 4. The quantitative estimate of drug-likeness (QED) is 0.168. The average Bonchev–Trinajstić information content (AvgIpc) is 4.00. The Balaban J connectivity index is 1.08. The third kappa shape index (κ3) is 5.33. The first-order valence-electron chi connectivity index (χ1n) is 21.2. The van der Waals surface area contributed by atoms with Gasteiger partial charge in [0.25, 0.3) is 0 Å². The summed E-state index contributed by atoms with van der Waals surface area (Å²) in [6, 6.07) is 72.4. The molecule has 7 heteroatoms. The summed E-state index contributed by atoms with van der Waals surface area (Å²) in [6.45, 7) is 0. The van der Waals surface area contributed by atoms with Crippen LogP contribution in [0.5, 0.6) is 0 Å². The van der Waals surface area contributed by atoms with E-state index in [1.54, 1.807) is 0 Å². The fourth-order valence-corrected chi connectivity index (χ4v) is 9.76. The Morgan fingerprint density at radius 1 is 0.317 bits per heavy atom. The molecule has 0 saturated carbocycles. The number of benzene rings is 8. The van der Waals surface area contributed by atoms with E-state index in [0.717, 1.165) is 77.3 Å². The molecule has 0 atom stereocenters. The first kappa shape index (κ1) is 35.1. The van der Waals surface area contributed by atoms with E-state index in [4.69, 9.17) is 19.9 Å². The summed E-state index contributed by atoms with van der Waals surface area (Å²) in [6.07, 6.45) is 1.85. The highest BCUT2D eigenvalue weighted by Crippen LogP contribution is 2.44. The minimum atomic E-state index is 0.538. The SMILES string of the molecule is c1ccc(-c2nc(-c3ccccc3-n3c4ccccc4c4cccnc43)nc(-n3c4ccccc4c4c(-c5cccc6c5c5ccccc5n6-c5ccccc5)cccc43)n2)cc1. The number of nitrogens with zero attached hydrogens (tertiary/aromatic N) is 7. The predicted molar refractivity (Wildman–Crippen MR) is 257 cm³/mol. The van der Waals surface area contributed by atoms with Gasteiger partial charge in [-0.15, -0.1) is 0 Å². The van der Waals surface area contributed by atoms with E-state index in [9.17, 15) is 0 Å². The van der Waals surface area contributed by atoms with Gasteiger partial charge in [0, 0.05) is 55.3 Å². The molecule has 0 saturated heterocycles. The van der Waals surface area contributed by atoms with Gasteiger partial charge in [-0.2, -0.15) is 9.97 Å². The van der Waals surface area contributed by atoms with E-state index in [1.807, 2.05) is 36.5 Å². The second kappa shape index (κ2) is 13.9. The third-order valence-electron chi connectivity index (χ3n) is 12.4. The van der Waals surface area contributed by atoms with E-state index in [-0.39, 0.29) is 0 Å². The highest BCUT2D eigenvalue weighted by molar-refractivity contribution is 6.22. The largest absolute Gasteiger partial charge is 0.309 e. The van der Waals surface area contributed by atoms with Crippen molar-refractivity contribution in [3.8, 4) is 51.2 Å². The van der Waals surface area contributed by atoms with Gasteiger partial charge in [0.1, 0.15) is 5.65 Å². The normalized spacial score (nSPS) is 11.8. The topological polar surface area (TPSA) is 66.3 Å². The van der Waals surface area contributed by atoms with Gasteiger partial charge in [-0.3, -0.25) is 9.13 Å². The molecular formula is C56H35N7. The maximum Gasteiger partial charge on any atom is 0.238 e. The molecule has 13 rings (SSSR count). The first-order chi connectivity index (χ1) is 31.3. The molecule has 5 aromatic heterocycles. The van der Waals surface area contributed by atoms with Gasteiger partial charge in [-0.1, -0.05) is 140 Å². The van der Waals surface area contributed by atoms with Crippen LogP contribution in [0.2, 0.25) is 0 Å². The highest BCUT2D eigenvalue weighted by Gasteiger charge is 2.24. The second-order valence-corrected chi connectivity index (χ2v) is 15.8. The zero-order valence-electron chi connectivity index (χ0n) is 33.8. The maximum atomic E-state index is 5.44. The van der Waals surface area contributed by atoms with Gasteiger partial charge < -0.3 is 4.57 Å². The summed E-state index contributed by atoms with van der Waals surface area (Å²) < 4.78 is 6.82. The second-order valence-electron chi connectivity index (χ2n) is 15.8. The van der Waals surface area contributed by atoms with Crippen molar-refractivity contribution in [3.05, 3.63) is 212 Å². The molecule has 0 unspecified atom stereocenters. The van der Waals surface area contributed by atoms with E-state index in [2.05, 4.69) is 190 Å². The summed E-state index contributed by atoms with van der Waals surface area (Å²) in [7, 11) is 0. The van der Waals surface area contributed by atoms with Gasteiger partial charge in [0.2, 0.25) is 5.95 Å². The fourth-order valence-electron chi connectivity index (χ4n) is 9.76. The van der Waals surface area contributed by atoms with Crippen molar-refractivity contribution in [3.63, 3.8) is 0 Å². The van der Waals surface area contributed by atoms with Gasteiger partial charge >= 0.3 is 0 Å². The molecule has 0 radical (unpaired) electrons. The van der Waals surface area contributed by atoms with Crippen LogP contribution >= 0.6 is 0 Å². The number of para-hydroxylation sites is 5. The van der Waals surface area contributed by atoms with Crippen molar-refractivity contribution in [1.29, 1.82) is 0 Å². The highest BCUT2D eigenvalue weighted by atomic mass is 15.2. The lowest BCUT2D eigenvalue weighted by Gasteiger charge is -2.15. The molecule has 0 N–H and O–H groups in total. The number of rotatable bonds is 6. The van der Waals surface area contributed by atoms with Crippen LogP contribution in [0.3, 0.4) is 0 Å². The molecule has 0 aliphatic carbocycles. The summed E-state index contributed by atoms with van der Waals surface area (Å²) in [4.78, 5) is 20.9. The Morgan fingerprint density at radius 2 is 0.825 bits per heavy atom. The summed E-state index contributed by atoms with van der Waals surface area (Å²) in [5, 5.41) is 6.90. The van der Waals surface area contributed by atoms with Crippen LogP contribution in [-0.4, -0.2) is 33.6 Å². The number of hydrogen-bond donors (Lipinski definition) is 0. The lowest BCUT2D eigenvalue weighted by molar-refractivity contribution is 0.951. The summed E-state index contributed by atoms with van der Waals surface area (Å²) in [5.41, 5.74) is 12.4. The Morgan fingerprint density at radius 3 is 1.54 bits per heavy atom. The average molecular weight is 806 g/mol. The molecule has 13 aromatic rings.